The fraction of sp³-hybridized carbons (Fsp3) is 0.625. The van der Waals surface area contributed by atoms with Crippen LogP contribution in [-0.2, 0) is 5.41 Å². The molecule has 0 aliphatic heterocycles. The highest BCUT2D eigenvalue weighted by Gasteiger charge is 2.45. The first-order valence-corrected chi connectivity index (χ1v) is 7.01. The minimum absolute atomic E-state index is 0.427. The van der Waals surface area contributed by atoms with E-state index in [1.54, 1.807) is 5.56 Å². The molecular weight excluding hydrogens is 206 g/mol. The van der Waals surface area contributed by atoms with Crippen LogP contribution in [0.25, 0.3) is 0 Å². The topological polar surface area (TPSA) is 12.0 Å². The van der Waals surface area contributed by atoms with E-state index < -0.39 is 0 Å². The van der Waals surface area contributed by atoms with Crippen molar-refractivity contribution in [3.05, 3.63) is 35.4 Å². The Kier molecular flexibility index (Phi) is 2.74. The summed E-state index contributed by atoms with van der Waals surface area (Å²) >= 11 is 0. The Labute approximate surface area is 105 Å². The van der Waals surface area contributed by atoms with Crippen molar-refractivity contribution in [2.75, 3.05) is 6.54 Å². The largest absolute Gasteiger partial charge is 0.313 e. The molecule has 2 unspecified atom stereocenters. The van der Waals surface area contributed by atoms with Gasteiger partial charge in [0, 0.05) is 18.0 Å². The van der Waals surface area contributed by atoms with Gasteiger partial charge in [-0.25, -0.2) is 0 Å². The van der Waals surface area contributed by atoms with Gasteiger partial charge in [-0.15, -0.1) is 0 Å². The second kappa shape index (κ2) is 4.13. The molecule has 1 aromatic rings. The van der Waals surface area contributed by atoms with Crippen LogP contribution in [0.15, 0.2) is 24.3 Å². The molecular formula is C16H23N. The van der Waals surface area contributed by atoms with E-state index >= 15 is 0 Å². The van der Waals surface area contributed by atoms with Crippen molar-refractivity contribution in [3.63, 3.8) is 0 Å². The molecule has 2 saturated carbocycles. The molecule has 1 heteroatoms. The minimum atomic E-state index is 0.427. The number of hydrogen-bond donors (Lipinski definition) is 1. The summed E-state index contributed by atoms with van der Waals surface area (Å²) in [6, 6.07) is 10.0. The van der Waals surface area contributed by atoms with Gasteiger partial charge in [0.25, 0.3) is 0 Å². The first-order chi connectivity index (χ1) is 8.21. The van der Waals surface area contributed by atoms with Crippen molar-refractivity contribution < 1.29 is 0 Å². The Hall–Kier alpha value is -0.820. The first-order valence-electron chi connectivity index (χ1n) is 7.01. The second-order valence-electron chi connectivity index (χ2n) is 6.12. The molecule has 3 rings (SSSR count). The van der Waals surface area contributed by atoms with Gasteiger partial charge in [0.2, 0.25) is 0 Å². The predicted octanol–water partition coefficient (Wildman–Crippen LogP) is 3.41. The molecule has 0 amide bonds. The molecule has 2 fully saturated rings. The van der Waals surface area contributed by atoms with Gasteiger partial charge in [-0.05, 0) is 44.1 Å². The summed E-state index contributed by atoms with van der Waals surface area (Å²) in [6.07, 6.45) is 5.52. The molecule has 0 aromatic heterocycles. The molecule has 17 heavy (non-hydrogen) atoms. The average Bonchev–Trinajstić information content (AvgIpc) is 3.14. The van der Waals surface area contributed by atoms with Crippen LogP contribution in [-0.4, -0.2) is 12.6 Å². The Balaban J connectivity index is 1.80. The standard InChI is InChI=1S/C16H23N/c1-12-3-5-14(6-4-12)16(10-9-13(16)2)11-17-15-7-8-15/h3-6,13,15,17H,7-11H2,1-2H3. The van der Waals surface area contributed by atoms with E-state index in [1.807, 2.05) is 0 Å². The second-order valence-corrected chi connectivity index (χ2v) is 6.12. The molecule has 2 aliphatic carbocycles. The molecule has 0 bridgehead atoms. The highest BCUT2D eigenvalue weighted by molar-refractivity contribution is 5.32. The minimum Gasteiger partial charge on any atom is -0.313 e. The SMILES string of the molecule is Cc1ccc(C2(CNC3CC3)CCC2C)cc1. The first kappa shape index (κ1) is 11.3. The van der Waals surface area contributed by atoms with Gasteiger partial charge in [-0.2, -0.15) is 0 Å². The highest BCUT2D eigenvalue weighted by Crippen LogP contribution is 2.48. The molecule has 92 valence electrons. The number of rotatable bonds is 4. The fourth-order valence-electron chi connectivity index (χ4n) is 3.07. The quantitative estimate of drug-likeness (QED) is 0.834. The van der Waals surface area contributed by atoms with Gasteiger partial charge >= 0.3 is 0 Å². The molecule has 0 heterocycles. The summed E-state index contributed by atoms with van der Waals surface area (Å²) in [7, 11) is 0. The van der Waals surface area contributed by atoms with Crippen molar-refractivity contribution in [2.45, 2.75) is 51.0 Å². The Bertz CT molecular complexity index is 390. The fourth-order valence-corrected chi connectivity index (χ4v) is 3.07. The van der Waals surface area contributed by atoms with Crippen LogP contribution in [0.3, 0.4) is 0 Å². The summed E-state index contributed by atoms with van der Waals surface area (Å²) in [5.74, 6) is 0.830. The smallest absolute Gasteiger partial charge is 0.0103 e. The van der Waals surface area contributed by atoms with Crippen LogP contribution >= 0.6 is 0 Å². The molecule has 0 radical (unpaired) electrons. The maximum Gasteiger partial charge on any atom is 0.0103 e. The lowest BCUT2D eigenvalue weighted by Gasteiger charge is -2.49. The molecule has 1 aromatic carbocycles. The molecule has 1 nitrogen and oxygen atoms in total. The van der Waals surface area contributed by atoms with Gasteiger partial charge in [-0.1, -0.05) is 36.8 Å². The van der Waals surface area contributed by atoms with Crippen LogP contribution in [0.1, 0.15) is 43.7 Å². The van der Waals surface area contributed by atoms with Crippen molar-refractivity contribution in [1.29, 1.82) is 0 Å². The Morgan fingerprint density at radius 3 is 2.35 bits per heavy atom. The molecule has 2 atom stereocenters. The number of hydrogen-bond acceptors (Lipinski definition) is 1. The van der Waals surface area contributed by atoms with Crippen molar-refractivity contribution in [3.8, 4) is 0 Å². The zero-order valence-corrected chi connectivity index (χ0v) is 11.0. The normalized spacial score (nSPS) is 32.2. The number of aryl methyl sites for hydroxylation is 1. The van der Waals surface area contributed by atoms with Crippen molar-refractivity contribution in [1.82, 2.24) is 5.32 Å². The Morgan fingerprint density at radius 2 is 1.88 bits per heavy atom. The van der Waals surface area contributed by atoms with Crippen molar-refractivity contribution in [2.24, 2.45) is 5.92 Å². The third-order valence-electron chi connectivity index (χ3n) is 4.88. The Morgan fingerprint density at radius 1 is 1.18 bits per heavy atom. The van der Waals surface area contributed by atoms with E-state index in [4.69, 9.17) is 0 Å². The predicted molar refractivity (Wildman–Crippen MR) is 72.3 cm³/mol. The third kappa shape index (κ3) is 2.01. The van der Waals surface area contributed by atoms with Crippen LogP contribution in [0.5, 0.6) is 0 Å². The van der Waals surface area contributed by atoms with Crippen molar-refractivity contribution >= 4 is 0 Å². The maximum atomic E-state index is 3.74. The summed E-state index contributed by atoms with van der Waals surface area (Å²) in [5.41, 5.74) is 3.34. The van der Waals surface area contributed by atoms with Crippen LogP contribution < -0.4 is 5.32 Å². The van der Waals surface area contributed by atoms with E-state index in [9.17, 15) is 0 Å². The summed E-state index contributed by atoms with van der Waals surface area (Å²) in [6.45, 7) is 5.77. The zero-order chi connectivity index (χ0) is 11.9. The van der Waals surface area contributed by atoms with E-state index in [-0.39, 0.29) is 0 Å². The van der Waals surface area contributed by atoms with E-state index in [1.165, 1.54) is 37.8 Å². The summed E-state index contributed by atoms with van der Waals surface area (Å²) in [4.78, 5) is 0. The monoisotopic (exact) mass is 229 g/mol. The number of nitrogens with one attached hydrogen (secondary N) is 1. The lowest BCUT2D eigenvalue weighted by atomic mass is 9.57. The van der Waals surface area contributed by atoms with Gasteiger partial charge in [0.05, 0.1) is 0 Å². The number of benzene rings is 1. The van der Waals surface area contributed by atoms with E-state index in [2.05, 4.69) is 43.4 Å². The van der Waals surface area contributed by atoms with Gasteiger partial charge in [0.1, 0.15) is 0 Å². The molecule has 0 spiro atoms. The van der Waals surface area contributed by atoms with Gasteiger partial charge in [0.15, 0.2) is 0 Å². The average molecular weight is 229 g/mol. The lowest BCUT2D eigenvalue weighted by molar-refractivity contribution is 0.133. The van der Waals surface area contributed by atoms with Crippen LogP contribution in [0, 0.1) is 12.8 Å². The summed E-state index contributed by atoms with van der Waals surface area (Å²) < 4.78 is 0. The van der Waals surface area contributed by atoms with Crippen LogP contribution in [0.4, 0.5) is 0 Å². The lowest BCUT2D eigenvalue weighted by Crippen LogP contribution is -2.50. The maximum absolute atomic E-state index is 3.74. The van der Waals surface area contributed by atoms with E-state index in [0.29, 0.717) is 5.41 Å². The van der Waals surface area contributed by atoms with Crippen LogP contribution in [0.2, 0.25) is 0 Å². The highest BCUT2D eigenvalue weighted by atomic mass is 15.0. The van der Waals surface area contributed by atoms with Gasteiger partial charge < -0.3 is 5.32 Å². The third-order valence-corrected chi connectivity index (χ3v) is 4.88. The molecule has 0 saturated heterocycles. The molecule has 1 N–H and O–H groups in total. The summed E-state index contributed by atoms with van der Waals surface area (Å²) in [5, 5.41) is 3.74. The zero-order valence-electron chi connectivity index (χ0n) is 11.0. The van der Waals surface area contributed by atoms with Gasteiger partial charge in [-0.3, -0.25) is 0 Å². The van der Waals surface area contributed by atoms with E-state index in [0.717, 1.165) is 12.0 Å². The molecule has 2 aliphatic rings.